The van der Waals surface area contributed by atoms with Gasteiger partial charge in [0.1, 0.15) is 13.2 Å². The van der Waals surface area contributed by atoms with Crippen LogP contribution in [0.15, 0.2) is 28.7 Å². The van der Waals surface area contributed by atoms with Gasteiger partial charge < -0.3 is 15.2 Å². The largest absolute Gasteiger partial charge is 0.486 e. The topological polar surface area (TPSA) is 61.5 Å². The monoisotopic (exact) mass is 285 g/mol. The van der Waals surface area contributed by atoms with Crippen LogP contribution in [0.3, 0.4) is 0 Å². The first-order valence-corrected chi connectivity index (χ1v) is 5.30. The minimum Gasteiger partial charge on any atom is -0.486 e. The molecular formula is C11H10BrNO3. The number of ether oxygens (including phenoxy) is 2. The van der Waals surface area contributed by atoms with Gasteiger partial charge in [-0.15, -0.1) is 0 Å². The average Bonchev–Trinajstić information content (AvgIpc) is 2.29. The van der Waals surface area contributed by atoms with E-state index in [0.29, 0.717) is 10.2 Å². The second kappa shape index (κ2) is 4.57. The Balaban J connectivity index is 2.48. The van der Waals surface area contributed by atoms with Gasteiger partial charge in [-0.25, -0.2) is 0 Å². The molecule has 0 aliphatic carbocycles. The van der Waals surface area contributed by atoms with E-state index in [4.69, 9.17) is 17.9 Å². The molecule has 84 valence electrons. The van der Waals surface area contributed by atoms with E-state index in [1.54, 1.807) is 0 Å². The molecule has 5 heteroatoms. The predicted molar refractivity (Wildman–Crippen MR) is 62.8 cm³/mol. The van der Waals surface area contributed by atoms with E-state index in [9.17, 15) is 4.79 Å². The van der Waals surface area contributed by atoms with Crippen molar-refractivity contribution in [3.8, 4) is 11.5 Å². The van der Waals surface area contributed by atoms with E-state index < -0.39 is 12.5 Å². The molecule has 0 aromatic heterocycles. The van der Waals surface area contributed by atoms with Gasteiger partial charge in [0.2, 0.25) is 5.91 Å². The van der Waals surface area contributed by atoms with Crippen LogP contribution in [0.4, 0.5) is 0 Å². The fraction of sp³-hybridized carbons (Fsp3) is 0.182. The molecule has 0 bridgehead atoms. The van der Waals surface area contributed by atoms with Gasteiger partial charge in [0.25, 0.3) is 0 Å². The molecule has 1 atom stereocenters. The van der Waals surface area contributed by atoms with Gasteiger partial charge in [0.15, 0.2) is 11.5 Å². The zero-order valence-corrected chi connectivity index (χ0v) is 9.78. The van der Waals surface area contributed by atoms with Crippen LogP contribution in [-0.2, 0) is 0 Å². The van der Waals surface area contributed by atoms with Crippen molar-refractivity contribution in [2.45, 2.75) is 0 Å². The number of halogens is 1. The van der Waals surface area contributed by atoms with Crippen molar-refractivity contribution in [3.05, 3.63) is 34.3 Å². The van der Waals surface area contributed by atoms with Crippen molar-refractivity contribution in [3.63, 3.8) is 0 Å². The Morgan fingerprint density at radius 3 is 3.12 bits per heavy atom. The molecule has 16 heavy (non-hydrogen) atoms. The van der Waals surface area contributed by atoms with Crippen molar-refractivity contribution in [2.75, 3.05) is 13.2 Å². The maximum Gasteiger partial charge on any atom is 0.248 e. The maximum atomic E-state index is 11.1. The Hall–Kier alpha value is -1.49. The molecule has 1 aromatic rings. The summed E-state index contributed by atoms with van der Waals surface area (Å²) in [6.45, 7) is -0.985. The smallest absolute Gasteiger partial charge is 0.248 e. The summed E-state index contributed by atoms with van der Waals surface area (Å²) in [5, 5.41) is 0. The molecule has 0 saturated heterocycles. The minimum atomic E-state index is -1.15. The molecule has 1 aliphatic rings. The lowest BCUT2D eigenvalue weighted by Crippen LogP contribution is -2.12. The van der Waals surface area contributed by atoms with Gasteiger partial charge in [-0.2, -0.15) is 0 Å². The molecule has 1 heterocycles. The van der Waals surface area contributed by atoms with Gasteiger partial charge in [0, 0.05) is 5.56 Å². The molecule has 0 spiro atoms. The van der Waals surface area contributed by atoms with Crippen LogP contribution in [0.25, 0.3) is 0 Å². The number of hydrogen-bond acceptors (Lipinski definition) is 3. The summed E-state index contributed by atoms with van der Waals surface area (Å²) in [4.78, 5) is 11.1. The first kappa shape index (κ1) is 8.64. The zero-order valence-electron chi connectivity index (χ0n) is 10.2. The molecular weight excluding hydrogens is 274 g/mol. The average molecular weight is 286 g/mol. The highest BCUT2D eigenvalue weighted by Gasteiger charge is 2.15. The minimum absolute atomic E-state index is 0.00116. The Morgan fingerprint density at radius 2 is 2.38 bits per heavy atom. The number of primary amides is 1. The summed E-state index contributed by atoms with van der Waals surface area (Å²) in [5.74, 6) is 0.00403. The highest BCUT2D eigenvalue weighted by molar-refractivity contribution is 9.10. The molecule has 4 nitrogen and oxygen atoms in total. The summed E-state index contributed by atoms with van der Waals surface area (Å²) in [6, 6.07) is 2.93. The number of hydrogen-bond donors (Lipinski definition) is 1. The lowest BCUT2D eigenvalue weighted by Gasteiger charge is -2.15. The molecule has 1 unspecified atom stereocenters. The number of nitrogens with two attached hydrogens (primary N) is 1. The second-order valence-corrected chi connectivity index (χ2v) is 3.92. The van der Waals surface area contributed by atoms with E-state index in [0.717, 1.165) is 0 Å². The van der Waals surface area contributed by atoms with Crippen molar-refractivity contribution in [2.24, 2.45) is 5.73 Å². The third kappa shape index (κ3) is 2.19. The lowest BCUT2D eigenvalue weighted by atomic mass is 10.2. The molecule has 2 N–H and O–H groups in total. The van der Waals surface area contributed by atoms with Crippen LogP contribution in [0, 0.1) is 0 Å². The highest BCUT2D eigenvalue weighted by Crippen LogP contribution is 2.37. The zero-order chi connectivity index (χ0) is 13.3. The summed E-state index contributed by atoms with van der Waals surface area (Å²) in [5.41, 5.74) is 5.44. The van der Waals surface area contributed by atoms with Crippen LogP contribution in [0.1, 0.15) is 13.1 Å². The lowest BCUT2D eigenvalue weighted by molar-refractivity contribution is 0.0999. The number of carbonyl (C=O) groups is 1. The van der Waals surface area contributed by atoms with Gasteiger partial charge in [-0.1, -0.05) is 0 Å². The second-order valence-electron chi connectivity index (χ2n) is 3.07. The van der Waals surface area contributed by atoms with E-state index in [1.165, 1.54) is 18.2 Å². The Bertz CT molecular complexity index is 533. The first-order chi connectivity index (χ1) is 8.49. The van der Waals surface area contributed by atoms with Crippen molar-refractivity contribution in [1.29, 1.82) is 0 Å². The standard InChI is InChI=1S/C11H10BrNO3/c12-8-5-7(11(13)14)6-9-10(8)16-4-2-1-3-15-9/h1-2,5-6H,3-4H2,(H2,13,14)/b2-1-/i1D,3D. The number of benzene rings is 1. The van der Waals surface area contributed by atoms with E-state index >= 15 is 0 Å². The normalized spacial score (nSPS) is 24.3. The third-order valence-corrected chi connectivity index (χ3v) is 2.57. The first-order valence-electron chi connectivity index (χ1n) is 5.58. The fourth-order valence-electron chi connectivity index (χ4n) is 1.26. The van der Waals surface area contributed by atoms with Crippen LogP contribution >= 0.6 is 15.9 Å². The Morgan fingerprint density at radius 1 is 1.56 bits per heavy atom. The van der Waals surface area contributed by atoms with Crippen LogP contribution in [0.5, 0.6) is 11.5 Å². The van der Waals surface area contributed by atoms with Crippen molar-refractivity contribution >= 4 is 21.8 Å². The molecule has 2 rings (SSSR count). The van der Waals surface area contributed by atoms with Crippen molar-refractivity contribution < 1.29 is 17.0 Å². The number of fused-ring (bicyclic) bond motifs is 1. The summed E-state index contributed by atoms with van der Waals surface area (Å²) >= 11 is 3.25. The van der Waals surface area contributed by atoms with Crippen LogP contribution < -0.4 is 15.2 Å². The van der Waals surface area contributed by atoms with Gasteiger partial charge in [-0.05, 0) is 40.2 Å². The Kier molecular flexibility index (Phi) is 2.47. The SMILES string of the molecule is [2H]/C1=C/COc2c(Br)cc(C(N)=O)cc2OC1[2H]. The predicted octanol–water partition coefficient (Wildman–Crippen LogP) is 1.88. The van der Waals surface area contributed by atoms with Gasteiger partial charge in [-0.3, -0.25) is 4.79 Å². The fourth-order valence-corrected chi connectivity index (χ4v) is 1.81. The molecule has 0 saturated carbocycles. The molecule has 1 amide bonds. The number of rotatable bonds is 1. The number of carbonyl (C=O) groups excluding carboxylic acids is 1. The third-order valence-electron chi connectivity index (χ3n) is 1.98. The summed E-state index contributed by atoms with van der Waals surface area (Å²) in [7, 11) is 0. The molecule has 1 aliphatic heterocycles. The molecule has 0 radical (unpaired) electrons. The van der Waals surface area contributed by atoms with E-state index in [2.05, 4.69) is 15.9 Å². The van der Waals surface area contributed by atoms with Crippen LogP contribution in [0.2, 0.25) is 0 Å². The van der Waals surface area contributed by atoms with E-state index in [-0.39, 0.29) is 24.0 Å². The highest BCUT2D eigenvalue weighted by atomic mass is 79.9. The van der Waals surface area contributed by atoms with Crippen molar-refractivity contribution in [1.82, 2.24) is 0 Å². The van der Waals surface area contributed by atoms with Gasteiger partial charge in [0.05, 0.1) is 7.21 Å². The summed E-state index contributed by atoms with van der Waals surface area (Å²) in [6.07, 6.45) is 1.45. The van der Waals surface area contributed by atoms with E-state index in [1.807, 2.05) is 0 Å². The summed E-state index contributed by atoms with van der Waals surface area (Å²) < 4.78 is 26.3. The Labute approximate surface area is 104 Å². The number of amides is 1. The van der Waals surface area contributed by atoms with Crippen LogP contribution in [-0.4, -0.2) is 19.1 Å². The molecule has 1 aromatic carbocycles. The quantitative estimate of drug-likeness (QED) is 0.802. The van der Waals surface area contributed by atoms with Gasteiger partial charge >= 0.3 is 0 Å². The molecule has 0 fully saturated rings. The maximum absolute atomic E-state index is 11.1.